The summed E-state index contributed by atoms with van der Waals surface area (Å²) in [4.78, 5) is 0. The standard InChI is InChI=1S/C80H110O13/c1-9-17-25-33-84-73-49-61-57-45-69(81)71(47-59(57)63-51-75(86-35-27-19-11-3)79(90-39-31-23-15-7)55-67(63)65(61)53-77(73)88-37-29-21-13-5)92-43-41-83-42-44-93-72-48-60-58(46-70(72)82)62-50-74(85-34-26-18-10-2)78(89-38-30-22-14-6)54-66(62)68-56-80(91-40-32-24-16-8)76(52-64(60)68)87-36-28-20-12-4/h45-56,81-82H,9-44H2,1-8H3. The van der Waals surface area contributed by atoms with E-state index in [0.29, 0.717) is 110 Å². The van der Waals surface area contributed by atoms with E-state index in [4.69, 9.17) is 52.1 Å². The molecule has 8 aromatic carbocycles. The molecule has 0 radical (unpaired) electrons. The summed E-state index contributed by atoms with van der Waals surface area (Å²) < 4.78 is 71.4. The number of hydrogen-bond donors (Lipinski definition) is 2. The molecular formula is C80H110O13. The quantitative estimate of drug-likeness (QED) is 0.0276. The maximum atomic E-state index is 11.9. The summed E-state index contributed by atoms with van der Waals surface area (Å²) in [6.45, 7) is 22.9. The van der Waals surface area contributed by atoms with Gasteiger partial charge in [0.2, 0.25) is 0 Å². The molecule has 13 heteroatoms. The first-order valence-electron chi connectivity index (χ1n) is 36.0. The number of unbranched alkanes of at least 4 members (excludes halogenated alkanes) is 16. The molecule has 0 heterocycles. The lowest BCUT2D eigenvalue weighted by Crippen LogP contribution is -2.12. The van der Waals surface area contributed by atoms with Crippen molar-refractivity contribution >= 4 is 64.6 Å². The monoisotopic (exact) mass is 1280 g/mol. The molecule has 0 aromatic heterocycles. The third-order valence-electron chi connectivity index (χ3n) is 17.3. The van der Waals surface area contributed by atoms with E-state index in [-0.39, 0.29) is 37.9 Å². The third-order valence-corrected chi connectivity index (χ3v) is 17.3. The van der Waals surface area contributed by atoms with Gasteiger partial charge in [-0.3, -0.25) is 0 Å². The van der Waals surface area contributed by atoms with Crippen LogP contribution in [0.15, 0.2) is 72.8 Å². The van der Waals surface area contributed by atoms with Crippen LogP contribution in [0.25, 0.3) is 64.6 Å². The van der Waals surface area contributed by atoms with Crippen molar-refractivity contribution in [3.63, 3.8) is 0 Å². The van der Waals surface area contributed by atoms with Crippen LogP contribution in [-0.4, -0.2) is 89.5 Å². The highest BCUT2D eigenvalue weighted by Gasteiger charge is 2.23. The van der Waals surface area contributed by atoms with Crippen molar-refractivity contribution in [3.8, 4) is 69.0 Å². The highest BCUT2D eigenvalue weighted by Crippen LogP contribution is 2.49. The summed E-state index contributed by atoms with van der Waals surface area (Å²) in [6, 6.07) is 24.3. The first-order chi connectivity index (χ1) is 45.7. The van der Waals surface area contributed by atoms with Gasteiger partial charge < -0.3 is 62.3 Å². The van der Waals surface area contributed by atoms with Crippen LogP contribution in [-0.2, 0) is 4.74 Å². The average Bonchev–Trinajstić information content (AvgIpc) is 0.738. The SMILES string of the molecule is CCCCCOc1cc2c3cc(O)c(OCCOCCOc4cc5c(cc4O)c4cc(OCCCCC)c(OCCCCC)cc4c4cc(OCCCCC)c(OCCCCC)cc54)cc3c3cc(OCCCCC)c(OCCCCC)cc3c2cc1OCCCCC. The summed E-state index contributed by atoms with van der Waals surface area (Å²) in [5.41, 5.74) is 0. The molecule has 0 saturated heterocycles. The fraction of sp³-hybridized carbons (Fsp3) is 0.550. The van der Waals surface area contributed by atoms with Crippen LogP contribution in [0.3, 0.4) is 0 Å². The maximum absolute atomic E-state index is 11.9. The second-order valence-electron chi connectivity index (χ2n) is 24.9. The van der Waals surface area contributed by atoms with E-state index in [1.165, 1.54) is 0 Å². The zero-order valence-corrected chi connectivity index (χ0v) is 57.8. The van der Waals surface area contributed by atoms with Gasteiger partial charge in [0.15, 0.2) is 69.0 Å². The Morgan fingerprint density at radius 2 is 0.333 bits per heavy atom. The van der Waals surface area contributed by atoms with E-state index in [0.717, 1.165) is 219 Å². The Kier molecular flexibility index (Phi) is 30.0. The number of ether oxygens (including phenoxy) is 11. The third kappa shape index (κ3) is 20.0. The lowest BCUT2D eigenvalue weighted by atomic mass is 9.93. The number of rotatable bonds is 48. The van der Waals surface area contributed by atoms with E-state index >= 15 is 0 Å². The number of phenols is 2. The predicted octanol–water partition coefficient (Wildman–Crippen LogP) is 22.0. The van der Waals surface area contributed by atoms with Crippen molar-refractivity contribution in [2.45, 2.75) is 209 Å². The molecule has 8 aromatic rings. The average molecular weight is 1280 g/mol. The zero-order chi connectivity index (χ0) is 65.6. The summed E-state index contributed by atoms with van der Waals surface area (Å²) in [5, 5.41) is 34.8. The number of phenolic OH excluding ortho intramolecular Hbond substituents is 2. The van der Waals surface area contributed by atoms with Gasteiger partial charge in [-0.15, -0.1) is 0 Å². The first-order valence-corrected chi connectivity index (χ1v) is 36.0. The summed E-state index contributed by atoms with van der Waals surface area (Å²) in [5.74, 6) is 6.26. The Labute approximate surface area is 554 Å². The Morgan fingerprint density at radius 1 is 0.183 bits per heavy atom. The molecule has 0 unspecified atom stereocenters. The minimum absolute atomic E-state index is 0.00796. The topological polar surface area (TPSA) is 142 Å². The Hall–Kier alpha value is -7.12. The fourth-order valence-corrected chi connectivity index (χ4v) is 12.0. The highest BCUT2D eigenvalue weighted by atomic mass is 16.6. The molecule has 0 saturated carbocycles. The molecule has 0 atom stereocenters. The highest BCUT2D eigenvalue weighted by molar-refractivity contribution is 6.28. The van der Waals surface area contributed by atoms with Crippen LogP contribution in [0.5, 0.6) is 69.0 Å². The largest absolute Gasteiger partial charge is 0.504 e. The van der Waals surface area contributed by atoms with Crippen molar-refractivity contribution in [2.24, 2.45) is 0 Å². The van der Waals surface area contributed by atoms with Crippen molar-refractivity contribution in [3.05, 3.63) is 72.8 Å². The molecule has 0 bridgehead atoms. The van der Waals surface area contributed by atoms with E-state index in [2.05, 4.69) is 104 Å². The van der Waals surface area contributed by atoms with E-state index in [1.807, 2.05) is 12.1 Å². The van der Waals surface area contributed by atoms with Crippen molar-refractivity contribution < 1.29 is 62.3 Å². The van der Waals surface area contributed by atoms with Crippen LogP contribution in [0.2, 0.25) is 0 Å². The van der Waals surface area contributed by atoms with Crippen LogP contribution >= 0.6 is 0 Å². The van der Waals surface area contributed by atoms with Crippen LogP contribution in [0.4, 0.5) is 0 Å². The molecule has 0 aliphatic heterocycles. The van der Waals surface area contributed by atoms with E-state index in [1.54, 1.807) is 12.1 Å². The molecule has 2 N–H and O–H groups in total. The predicted molar refractivity (Wildman–Crippen MR) is 383 cm³/mol. The number of fused-ring (bicyclic) bond motifs is 12. The van der Waals surface area contributed by atoms with Crippen molar-refractivity contribution in [1.29, 1.82) is 0 Å². The van der Waals surface area contributed by atoms with Gasteiger partial charge in [0.25, 0.3) is 0 Å². The zero-order valence-electron chi connectivity index (χ0n) is 57.8. The van der Waals surface area contributed by atoms with Crippen LogP contribution in [0, 0.1) is 0 Å². The molecule has 0 aliphatic carbocycles. The van der Waals surface area contributed by atoms with Gasteiger partial charge in [-0.05, 0) is 189 Å². The molecule has 13 nitrogen and oxygen atoms in total. The summed E-state index contributed by atoms with van der Waals surface area (Å²) in [6.07, 6.45) is 24.8. The molecule has 0 aliphatic rings. The van der Waals surface area contributed by atoms with Crippen molar-refractivity contribution in [2.75, 3.05) is 79.3 Å². The minimum atomic E-state index is 0.00796. The van der Waals surface area contributed by atoms with Gasteiger partial charge in [0.05, 0.1) is 66.1 Å². The van der Waals surface area contributed by atoms with Gasteiger partial charge in [-0.1, -0.05) is 158 Å². The van der Waals surface area contributed by atoms with Crippen LogP contribution < -0.4 is 47.4 Å². The molecule has 0 amide bonds. The molecule has 93 heavy (non-hydrogen) atoms. The summed E-state index contributed by atoms with van der Waals surface area (Å²) >= 11 is 0. The van der Waals surface area contributed by atoms with Gasteiger partial charge in [-0.2, -0.15) is 0 Å². The van der Waals surface area contributed by atoms with Gasteiger partial charge in [0, 0.05) is 0 Å². The van der Waals surface area contributed by atoms with Gasteiger partial charge in [0.1, 0.15) is 13.2 Å². The Bertz CT molecular complexity index is 3340. The number of aromatic hydroxyl groups is 2. The molecule has 0 fully saturated rings. The normalized spacial score (nSPS) is 11.6. The Balaban J connectivity index is 1.08. The lowest BCUT2D eigenvalue weighted by molar-refractivity contribution is 0.0752. The first kappa shape index (κ1) is 71.7. The van der Waals surface area contributed by atoms with E-state index in [9.17, 15) is 10.2 Å². The lowest BCUT2D eigenvalue weighted by Gasteiger charge is -2.20. The number of hydrogen-bond acceptors (Lipinski definition) is 13. The minimum Gasteiger partial charge on any atom is -0.504 e. The second kappa shape index (κ2) is 38.9. The molecule has 8 rings (SSSR count). The summed E-state index contributed by atoms with van der Waals surface area (Å²) in [7, 11) is 0. The molecular weight excluding hydrogens is 1170 g/mol. The second-order valence-corrected chi connectivity index (χ2v) is 24.9. The maximum Gasteiger partial charge on any atom is 0.161 e. The number of benzene rings is 8. The molecule has 0 spiro atoms. The van der Waals surface area contributed by atoms with Gasteiger partial charge >= 0.3 is 0 Å². The van der Waals surface area contributed by atoms with Crippen molar-refractivity contribution in [1.82, 2.24) is 0 Å². The van der Waals surface area contributed by atoms with Crippen LogP contribution in [0.1, 0.15) is 209 Å². The molecule has 508 valence electrons. The smallest absolute Gasteiger partial charge is 0.161 e. The Morgan fingerprint density at radius 3 is 0.505 bits per heavy atom. The van der Waals surface area contributed by atoms with E-state index < -0.39 is 0 Å². The van der Waals surface area contributed by atoms with Gasteiger partial charge in [-0.25, -0.2) is 0 Å². The fourth-order valence-electron chi connectivity index (χ4n) is 12.0.